The summed E-state index contributed by atoms with van der Waals surface area (Å²) < 4.78 is 5.87. The molecular formula is C14H30O. The molecule has 0 aliphatic carbocycles. The van der Waals surface area contributed by atoms with Crippen LogP contribution in [0.2, 0.25) is 0 Å². The maximum atomic E-state index is 5.87. The molecular weight excluding hydrogens is 184 g/mol. The van der Waals surface area contributed by atoms with Gasteiger partial charge in [0.25, 0.3) is 0 Å². The summed E-state index contributed by atoms with van der Waals surface area (Å²) in [6.07, 6.45) is 4.99. The highest BCUT2D eigenvalue weighted by Gasteiger charge is 2.21. The molecule has 0 saturated heterocycles. The Morgan fingerprint density at radius 1 is 0.733 bits per heavy atom. The van der Waals surface area contributed by atoms with Crippen LogP contribution >= 0.6 is 0 Å². The average molecular weight is 214 g/mol. The number of ether oxygens (including phenoxy) is 1. The zero-order chi connectivity index (χ0) is 11.9. The lowest BCUT2D eigenvalue weighted by molar-refractivity contribution is 0.00927. The largest absolute Gasteiger partial charge is 0.380 e. The lowest BCUT2D eigenvalue weighted by Crippen LogP contribution is -2.25. The van der Waals surface area contributed by atoms with Gasteiger partial charge in [0.05, 0.1) is 13.2 Å². The molecule has 0 amide bonds. The third-order valence-electron chi connectivity index (χ3n) is 2.84. The number of hydrogen-bond donors (Lipinski definition) is 0. The van der Waals surface area contributed by atoms with Crippen molar-refractivity contribution < 1.29 is 4.74 Å². The Balaban J connectivity index is 3.77. The minimum atomic E-state index is 0.344. The molecule has 0 saturated carbocycles. The first-order chi connectivity index (χ1) is 6.83. The molecule has 15 heavy (non-hydrogen) atoms. The van der Waals surface area contributed by atoms with Crippen molar-refractivity contribution in [2.24, 2.45) is 10.8 Å². The van der Waals surface area contributed by atoms with E-state index in [1.807, 2.05) is 0 Å². The molecule has 0 aromatic heterocycles. The van der Waals surface area contributed by atoms with Gasteiger partial charge in [-0.2, -0.15) is 0 Å². The Morgan fingerprint density at radius 2 is 1.07 bits per heavy atom. The fourth-order valence-electron chi connectivity index (χ4n) is 2.10. The lowest BCUT2D eigenvalue weighted by Gasteiger charge is -2.28. The summed E-state index contributed by atoms with van der Waals surface area (Å²) in [5, 5.41) is 0. The molecule has 0 aliphatic rings. The van der Waals surface area contributed by atoms with Gasteiger partial charge in [-0.1, -0.05) is 54.4 Å². The molecule has 0 unspecified atom stereocenters. The van der Waals surface area contributed by atoms with E-state index in [9.17, 15) is 0 Å². The fraction of sp³-hybridized carbons (Fsp3) is 1.00. The molecule has 0 heterocycles. The molecule has 0 aromatic carbocycles. The second kappa shape index (κ2) is 6.52. The van der Waals surface area contributed by atoms with Crippen LogP contribution in [0, 0.1) is 10.8 Å². The quantitative estimate of drug-likeness (QED) is 0.571. The van der Waals surface area contributed by atoms with Gasteiger partial charge < -0.3 is 4.74 Å². The molecule has 0 fully saturated rings. The van der Waals surface area contributed by atoms with Crippen molar-refractivity contribution in [2.75, 3.05) is 13.2 Å². The van der Waals surface area contributed by atoms with Crippen LogP contribution in [0.4, 0.5) is 0 Å². The minimum Gasteiger partial charge on any atom is -0.380 e. The second-order valence-corrected chi connectivity index (χ2v) is 6.32. The van der Waals surface area contributed by atoms with Crippen molar-refractivity contribution in [3.8, 4) is 0 Å². The Morgan fingerprint density at radius 3 is 1.33 bits per heavy atom. The third-order valence-corrected chi connectivity index (χ3v) is 2.84. The highest BCUT2D eigenvalue weighted by atomic mass is 16.5. The van der Waals surface area contributed by atoms with Gasteiger partial charge in [-0.15, -0.1) is 0 Å². The Labute approximate surface area is 96.6 Å². The van der Waals surface area contributed by atoms with E-state index < -0.39 is 0 Å². The van der Waals surface area contributed by atoms with Gasteiger partial charge in [0, 0.05) is 0 Å². The van der Waals surface area contributed by atoms with Crippen LogP contribution in [0.3, 0.4) is 0 Å². The topological polar surface area (TPSA) is 9.23 Å². The van der Waals surface area contributed by atoms with Gasteiger partial charge in [0.15, 0.2) is 0 Å². The van der Waals surface area contributed by atoms with Crippen LogP contribution in [0.25, 0.3) is 0 Å². The summed E-state index contributed by atoms with van der Waals surface area (Å²) >= 11 is 0. The van der Waals surface area contributed by atoms with Gasteiger partial charge in [0.1, 0.15) is 0 Å². The van der Waals surface area contributed by atoms with E-state index in [0.717, 1.165) is 13.2 Å². The minimum absolute atomic E-state index is 0.344. The smallest absolute Gasteiger partial charge is 0.0517 e. The van der Waals surface area contributed by atoms with Gasteiger partial charge in [-0.25, -0.2) is 0 Å². The van der Waals surface area contributed by atoms with Crippen molar-refractivity contribution in [1.82, 2.24) is 0 Å². The van der Waals surface area contributed by atoms with Crippen LogP contribution in [0.5, 0.6) is 0 Å². The number of hydrogen-bond acceptors (Lipinski definition) is 1. The van der Waals surface area contributed by atoms with Crippen molar-refractivity contribution in [2.45, 2.75) is 67.2 Å². The highest BCUT2D eigenvalue weighted by Crippen LogP contribution is 2.26. The summed E-state index contributed by atoms with van der Waals surface area (Å²) in [5.74, 6) is 0. The Bertz CT molecular complexity index is 141. The second-order valence-electron chi connectivity index (χ2n) is 6.32. The molecule has 0 atom stereocenters. The van der Waals surface area contributed by atoms with Crippen molar-refractivity contribution in [3.05, 3.63) is 0 Å². The normalized spacial score (nSPS) is 13.2. The van der Waals surface area contributed by atoms with Crippen LogP contribution < -0.4 is 0 Å². The van der Waals surface area contributed by atoms with Gasteiger partial charge in [0.2, 0.25) is 0 Å². The zero-order valence-corrected chi connectivity index (χ0v) is 11.7. The molecule has 0 spiro atoms. The van der Waals surface area contributed by atoms with Crippen LogP contribution in [0.15, 0.2) is 0 Å². The molecule has 1 nitrogen and oxygen atoms in total. The van der Waals surface area contributed by atoms with Crippen molar-refractivity contribution in [3.63, 3.8) is 0 Å². The first-order valence-electron chi connectivity index (χ1n) is 6.41. The maximum absolute atomic E-state index is 5.87. The molecule has 0 N–H and O–H groups in total. The van der Waals surface area contributed by atoms with E-state index in [0.29, 0.717) is 10.8 Å². The van der Waals surface area contributed by atoms with Crippen LogP contribution in [-0.4, -0.2) is 13.2 Å². The monoisotopic (exact) mass is 214 g/mol. The first kappa shape index (κ1) is 15.0. The number of rotatable bonds is 8. The van der Waals surface area contributed by atoms with E-state index in [1.165, 1.54) is 25.7 Å². The predicted octanol–water partition coefficient (Wildman–Crippen LogP) is 4.66. The van der Waals surface area contributed by atoms with E-state index in [1.54, 1.807) is 0 Å². The zero-order valence-electron chi connectivity index (χ0n) is 11.7. The SMILES string of the molecule is CCCC(C)(C)COCC(C)(C)CCC. The lowest BCUT2D eigenvalue weighted by atomic mass is 9.88. The van der Waals surface area contributed by atoms with Gasteiger partial charge >= 0.3 is 0 Å². The van der Waals surface area contributed by atoms with Crippen LogP contribution in [-0.2, 0) is 4.74 Å². The Kier molecular flexibility index (Phi) is 6.51. The van der Waals surface area contributed by atoms with E-state index in [2.05, 4.69) is 41.5 Å². The maximum Gasteiger partial charge on any atom is 0.0517 e. The van der Waals surface area contributed by atoms with E-state index >= 15 is 0 Å². The van der Waals surface area contributed by atoms with Gasteiger partial charge in [-0.05, 0) is 23.7 Å². The summed E-state index contributed by atoms with van der Waals surface area (Å²) in [6.45, 7) is 15.5. The van der Waals surface area contributed by atoms with Crippen molar-refractivity contribution >= 4 is 0 Å². The molecule has 0 rings (SSSR count). The summed E-state index contributed by atoms with van der Waals surface area (Å²) in [5.41, 5.74) is 0.689. The standard InChI is InChI=1S/C14H30O/c1-7-9-13(3,4)11-15-12-14(5,6)10-8-2/h7-12H2,1-6H3. The van der Waals surface area contributed by atoms with Gasteiger partial charge in [-0.3, -0.25) is 0 Å². The van der Waals surface area contributed by atoms with Crippen molar-refractivity contribution in [1.29, 1.82) is 0 Å². The van der Waals surface area contributed by atoms with E-state index in [4.69, 9.17) is 4.74 Å². The molecule has 92 valence electrons. The molecule has 0 bridgehead atoms. The summed E-state index contributed by atoms with van der Waals surface area (Å²) in [4.78, 5) is 0. The first-order valence-corrected chi connectivity index (χ1v) is 6.41. The predicted molar refractivity (Wildman–Crippen MR) is 68.2 cm³/mol. The average Bonchev–Trinajstić information content (AvgIpc) is 2.02. The highest BCUT2D eigenvalue weighted by molar-refractivity contribution is 4.70. The fourth-order valence-corrected chi connectivity index (χ4v) is 2.10. The molecule has 0 radical (unpaired) electrons. The third kappa shape index (κ3) is 7.84. The van der Waals surface area contributed by atoms with Crippen LogP contribution in [0.1, 0.15) is 67.2 Å². The molecule has 1 heteroatoms. The summed E-state index contributed by atoms with van der Waals surface area (Å²) in [6, 6.07) is 0. The van der Waals surface area contributed by atoms with E-state index in [-0.39, 0.29) is 0 Å². The summed E-state index contributed by atoms with van der Waals surface area (Å²) in [7, 11) is 0. The molecule has 0 aliphatic heterocycles. The molecule has 0 aromatic rings. The Hall–Kier alpha value is -0.0400.